The molecule has 0 aliphatic carbocycles. The Labute approximate surface area is 116 Å². The van der Waals surface area contributed by atoms with Crippen LogP contribution in [0.25, 0.3) is 11.0 Å². The van der Waals surface area contributed by atoms with Gasteiger partial charge in [0.05, 0.1) is 17.1 Å². The van der Waals surface area contributed by atoms with E-state index in [2.05, 4.69) is 4.98 Å². The lowest BCUT2D eigenvalue weighted by atomic mass is 10.3. The Morgan fingerprint density at radius 3 is 3.00 bits per heavy atom. The Bertz CT molecular complexity index is 609. The number of fused-ring (bicyclic) bond motifs is 1. The van der Waals surface area contributed by atoms with Gasteiger partial charge in [0.1, 0.15) is 6.54 Å². The number of carbonyl (C=O) groups excluding carboxylic acids is 1. The van der Waals surface area contributed by atoms with Crippen LogP contribution in [-0.4, -0.2) is 21.6 Å². The maximum Gasteiger partial charge on any atom is 0.326 e. The Balaban J connectivity index is 2.25. The van der Waals surface area contributed by atoms with E-state index in [9.17, 15) is 4.79 Å². The number of halogens is 1. The Morgan fingerprint density at radius 2 is 2.32 bits per heavy atom. The van der Waals surface area contributed by atoms with Crippen LogP contribution in [0.2, 0.25) is 5.02 Å². The molecule has 19 heavy (non-hydrogen) atoms. The topological polar surface area (TPSA) is 70.1 Å². The highest BCUT2D eigenvalue weighted by Crippen LogP contribution is 2.21. The molecule has 0 saturated carbocycles. The molecule has 2 rings (SSSR count). The van der Waals surface area contributed by atoms with Gasteiger partial charge in [0, 0.05) is 5.02 Å². The molecule has 1 atom stereocenters. The molecule has 1 unspecified atom stereocenters. The summed E-state index contributed by atoms with van der Waals surface area (Å²) in [5.41, 5.74) is 7.25. The van der Waals surface area contributed by atoms with Crippen molar-refractivity contribution in [2.45, 2.75) is 32.9 Å². The number of anilines is 1. The van der Waals surface area contributed by atoms with Crippen LogP contribution in [0.4, 0.5) is 5.95 Å². The molecule has 0 bridgehead atoms. The highest BCUT2D eigenvalue weighted by molar-refractivity contribution is 6.31. The number of ether oxygens (including phenoxy) is 1. The second-order valence-corrected chi connectivity index (χ2v) is 4.83. The van der Waals surface area contributed by atoms with Crippen molar-refractivity contribution in [2.24, 2.45) is 0 Å². The molecule has 0 aliphatic heterocycles. The molecule has 1 heterocycles. The van der Waals surface area contributed by atoms with E-state index < -0.39 is 0 Å². The lowest BCUT2D eigenvalue weighted by Gasteiger charge is -2.12. The zero-order chi connectivity index (χ0) is 14.0. The van der Waals surface area contributed by atoms with Gasteiger partial charge in [-0.25, -0.2) is 4.98 Å². The standard InChI is InChI=1S/C13H16ClN3O2/c1-3-8(2)19-12(18)7-17-11-5-4-9(14)6-10(11)16-13(17)15/h4-6,8H,3,7H2,1-2H3,(H2,15,16). The van der Waals surface area contributed by atoms with Crippen LogP contribution in [0.1, 0.15) is 20.3 Å². The number of aromatic nitrogens is 2. The summed E-state index contributed by atoms with van der Waals surface area (Å²) >= 11 is 5.89. The molecule has 0 spiro atoms. The number of esters is 1. The van der Waals surface area contributed by atoms with Crippen LogP contribution in [0, 0.1) is 0 Å². The van der Waals surface area contributed by atoms with Crippen LogP contribution in [0.3, 0.4) is 0 Å². The van der Waals surface area contributed by atoms with Gasteiger partial charge in [-0.3, -0.25) is 9.36 Å². The van der Waals surface area contributed by atoms with E-state index in [0.29, 0.717) is 10.5 Å². The molecule has 5 nitrogen and oxygen atoms in total. The van der Waals surface area contributed by atoms with E-state index in [1.54, 1.807) is 22.8 Å². The minimum Gasteiger partial charge on any atom is -0.461 e. The van der Waals surface area contributed by atoms with Crippen LogP contribution in [0.15, 0.2) is 18.2 Å². The summed E-state index contributed by atoms with van der Waals surface area (Å²) in [7, 11) is 0. The monoisotopic (exact) mass is 281 g/mol. The highest BCUT2D eigenvalue weighted by atomic mass is 35.5. The van der Waals surface area contributed by atoms with E-state index in [1.165, 1.54) is 0 Å². The summed E-state index contributed by atoms with van der Waals surface area (Å²) in [5.74, 6) is -0.0475. The number of carbonyl (C=O) groups is 1. The number of benzene rings is 1. The predicted molar refractivity (Wildman–Crippen MR) is 75.0 cm³/mol. The maximum atomic E-state index is 11.8. The molecule has 2 N–H and O–H groups in total. The van der Waals surface area contributed by atoms with Gasteiger partial charge in [-0.05, 0) is 31.5 Å². The third-order valence-electron chi connectivity index (χ3n) is 2.93. The number of hydrogen-bond donors (Lipinski definition) is 1. The SMILES string of the molecule is CCC(C)OC(=O)Cn1c(N)nc2cc(Cl)ccc21. The Morgan fingerprint density at radius 1 is 1.58 bits per heavy atom. The van der Waals surface area contributed by atoms with Crippen molar-refractivity contribution in [1.82, 2.24) is 9.55 Å². The molecular weight excluding hydrogens is 266 g/mol. The van der Waals surface area contributed by atoms with E-state index >= 15 is 0 Å². The van der Waals surface area contributed by atoms with Gasteiger partial charge in [0.25, 0.3) is 0 Å². The average Bonchev–Trinajstić information content (AvgIpc) is 2.64. The fourth-order valence-electron chi connectivity index (χ4n) is 1.76. The quantitative estimate of drug-likeness (QED) is 0.875. The summed E-state index contributed by atoms with van der Waals surface area (Å²) in [4.78, 5) is 16.0. The van der Waals surface area contributed by atoms with E-state index in [1.807, 2.05) is 13.8 Å². The van der Waals surface area contributed by atoms with E-state index in [-0.39, 0.29) is 24.6 Å². The largest absolute Gasteiger partial charge is 0.461 e. The number of nitrogen functional groups attached to an aromatic ring is 1. The first-order chi connectivity index (χ1) is 9.01. The summed E-state index contributed by atoms with van der Waals surface area (Å²) in [5, 5.41) is 0.583. The van der Waals surface area contributed by atoms with Crippen LogP contribution >= 0.6 is 11.6 Å². The third kappa shape index (κ3) is 2.98. The normalized spacial score (nSPS) is 12.6. The van der Waals surface area contributed by atoms with Crippen LogP contribution < -0.4 is 5.73 Å². The number of nitrogens with two attached hydrogens (primary N) is 1. The van der Waals surface area contributed by atoms with Crippen LogP contribution in [0.5, 0.6) is 0 Å². The molecule has 0 amide bonds. The number of imidazole rings is 1. The second kappa shape index (κ2) is 5.48. The van der Waals surface area contributed by atoms with Crippen molar-refractivity contribution < 1.29 is 9.53 Å². The molecule has 1 aromatic carbocycles. The molecule has 0 radical (unpaired) electrons. The first-order valence-corrected chi connectivity index (χ1v) is 6.49. The second-order valence-electron chi connectivity index (χ2n) is 4.40. The molecule has 0 aliphatic rings. The summed E-state index contributed by atoms with van der Waals surface area (Å²) in [6.07, 6.45) is 0.680. The summed E-state index contributed by atoms with van der Waals surface area (Å²) in [6, 6.07) is 5.24. The Kier molecular flexibility index (Phi) is 3.95. The number of rotatable bonds is 4. The van der Waals surface area contributed by atoms with Crippen molar-refractivity contribution in [3.05, 3.63) is 23.2 Å². The number of nitrogens with zero attached hydrogens (tertiary/aromatic N) is 2. The zero-order valence-corrected chi connectivity index (χ0v) is 11.6. The van der Waals surface area contributed by atoms with Crippen molar-refractivity contribution in [3.63, 3.8) is 0 Å². The van der Waals surface area contributed by atoms with Crippen molar-refractivity contribution in [1.29, 1.82) is 0 Å². The molecule has 0 fully saturated rings. The lowest BCUT2D eigenvalue weighted by molar-refractivity contribution is -0.148. The number of hydrogen-bond acceptors (Lipinski definition) is 4. The van der Waals surface area contributed by atoms with E-state index in [0.717, 1.165) is 11.9 Å². The fraction of sp³-hybridized carbons (Fsp3) is 0.385. The van der Waals surface area contributed by atoms with Gasteiger partial charge >= 0.3 is 5.97 Å². The van der Waals surface area contributed by atoms with Crippen molar-refractivity contribution >= 4 is 34.6 Å². The molecular formula is C13H16ClN3O2. The van der Waals surface area contributed by atoms with Crippen LogP contribution in [-0.2, 0) is 16.1 Å². The minimum absolute atomic E-state index is 0.0499. The molecule has 6 heteroatoms. The Hall–Kier alpha value is -1.75. The van der Waals surface area contributed by atoms with Crippen molar-refractivity contribution in [3.8, 4) is 0 Å². The van der Waals surface area contributed by atoms with E-state index in [4.69, 9.17) is 22.1 Å². The molecule has 0 saturated heterocycles. The maximum absolute atomic E-state index is 11.8. The summed E-state index contributed by atoms with van der Waals surface area (Å²) < 4.78 is 6.85. The zero-order valence-electron chi connectivity index (χ0n) is 10.9. The molecule has 1 aromatic heterocycles. The lowest BCUT2D eigenvalue weighted by Crippen LogP contribution is -2.19. The molecule has 2 aromatic rings. The predicted octanol–water partition coefficient (Wildman–Crippen LogP) is 2.61. The van der Waals surface area contributed by atoms with Gasteiger partial charge in [-0.1, -0.05) is 18.5 Å². The average molecular weight is 282 g/mol. The smallest absolute Gasteiger partial charge is 0.326 e. The first-order valence-electron chi connectivity index (χ1n) is 6.12. The first kappa shape index (κ1) is 13.7. The summed E-state index contributed by atoms with van der Waals surface area (Å²) in [6.45, 7) is 3.86. The van der Waals surface area contributed by atoms with Gasteiger partial charge in [-0.2, -0.15) is 0 Å². The highest BCUT2D eigenvalue weighted by Gasteiger charge is 2.14. The van der Waals surface area contributed by atoms with Crippen molar-refractivity contribution in [2.75, 3.05) is 5.73 Å². The fourth-order valence-corrected chi connectivity index (χ4v) is 1.93. The van der Waals surface area contributed by atoms with Gasteiger partial charge in [0.15, 0.2) is 0 Å². The third-order valence-corrected chi connectivity index (χ3v) is 3.17. The minimum atomic E-state index is -0.324. The van der Waals surface area contributed by atoms with Gasteiger partial charge in [-0.15, -0.1) is 0 Å². The van der Waals surface area contributed by atoms with Gasteiger partial charge in [0.2, 0.25) is 5.95 Å². The van der Waals surface area contributed by atoms with Gasteiger partial charge < -0.3 is 10.5 Å². The molecule has 102 valence electrons.